The molecule has 2 aromatic rings. The smallest absolute Gasteiger partial charge is 0.257 e. The van der Waals surface area contributed by atoms with Gasteiger partial charge in [0.1, 0.15) is 5.75 Å². The quantitative estimate of drug-likeness (QED) is 0.647. The molecular weight excluding hydrogens is 418 g/mol. The van der Waals surface area contributed by atoms with Crippen LogP contribution in [0.1, 0.15) is 15.9 Å². The maximum absolute atomic E-state index is 13.2. The topological polar surface area (TPSA) is 79.4 Å². The molecule has 2 aromatic carbocycles. The van der Waals surface area contributed by atoms with Crippen molar-refractivity contribution in [3.8, 4) is 5.75 Å². The molecule has 31 heavy (non-hydrogen) atoms. The summed E-state index contributed by atoms with van der Waals surface area (Å²) in [5, 5.41) is 0. The SMILES string of the molecule is COc1ccc(S(=O)(=O)N(C)Cc2ccc(N(C)C)cc2)cc1C(=O)N1CCOCC1. The van der Waals surface area contributed by atoms with Crippen molar-refractivity contribution < 1.29 is 22.7 Å². The van der Waals surface area contributed by atoms with Gasteiger partial charge in [0.05, 0.1) is 30.8 Å². The minimum atomic E-state index is -3.80. The van der Waals surface area contributed by atoms with Crippen molar-refractivity contribution in [3.05, 3.63) is 53.6 Å². The number of amides is 1. The lowest BCUT2D eigenvalue weighted by molar-refractivity contribution is 0.0300. The first-order valence-electron chi connectivity index (χ1n) is 10.0. The van der Waals surface area contributed by atoms with E-state index in [1.54, 1.807) is 4.90 Å². The molecule has 1 amide bonds. The summed E-state index contributed by atoms with van der Waals surface area (Å²) in [6.07, 6.45) is 0. The molecule has 0 radical (unpaired) electrons. The maximum Gasteiger partial charge on any atom is 0.257 e. The van der Waals surface area contributed by atoms with Crippen LogP contribution in [0.25, 0.3) is 0 Å². The summed E-state index contributed by atoms with van der Waals surface area (Å²) >= 11 is 0. The van der Waals surface area contributed by atoms with Gasteiger partial charge in [-0.2, -0.15) is 4.31 Å². The number of nitrogens with zero attached hydrogens (tertiary/aromatic N) is 3. The number of carbonyl (C=O) groups excluding carboxylic acids is 1. The molecule has 8 nitrogen and oxygen atoms in total. The minimum absolute atomic E-state index is 0.0531. The number of morpholine rings is 1. The van der Waals surface area contributed by atoms with E-state index in [2.05, 4.69) is 0 Å². The number of benzene rings is 2. The lowest BCUT2D eigenvalue weighted by Crippen LogP contribution is -2.40. The first kappa shape index (κ1) is 23.1. The molecule has 0 N–H and O–H groups in total. The highest BCUT2D eigenvalue weighted by molar-refractivity contribution is 7.89. The van der Waals surface area contributed by atoms with Crippen LogP contribution in [-0.4, -0.2) is 78.1 Å². The van der Waals surface area contributed by atoms with Gasteiger partial charge in [0.2, 0.25) is 10.0 Å². The third-order valence-electron chi connectivity index (χ3n) is 5.27. The fourth-order valence-electron chi connectivity index (χ4n) is 3.37. The van der Waals surface area contributed by atoms with Crippen LogP contribution in [0.3, 0.4) is 0 Å². The number of hydrogen-bond donors (Lipinski definition) is 0. The molecular formula is C22H29N3O5S. The van der Waals surface area contributed by atoms with Gasteiger partial charge in [-0.15, -0.1) is 0 Å². The molecule has 9 heteroatoms. The van der Waals surface area contributed by atoms with Gasteiger partial charge in [0.15, 0.2) is 0 Å². The third kappa shape index (κ3) is 5.17. The van der Waals surface area contributed by atoms with E-state index in [0.29, 0.717) is 32.1 Å². The predicted octanol–water partition coefficient (Wildman–Crippen LogP) is 2.05. The van der Waals surface area contributed by atoms with E-state index in [1.165, 1.54) is 36.7 Å². The molecule has 1 aliphatic heterocycles. The number of rotatable bonds is 7. The number of hydrogen-bond acceptors (Lipinski definition) is 6. The molecule has 0 saturated carbocycles. The Labute approximate surface area is 184 Å². The predicted molar refractivity (Wildman–Crippen MR) is 119 cm³/mol. The summed E-state index contributed by atoms with van der Waals surface area (Å²) in [7, 11) is 3.09. The second-order valence-corrected chi connectivity index (χ2v) is 9.63. The lowest BCUT2D eigenvalue weighted by Gasteiger charge is -2.27. The van der Waals surface area contributed by atoms with Crippen LogP contribution in [0.5, 0.6) is 5.75 Å². The highest BCUT2D eigenvalue weighted by Crippen LogP contribution is 2.26. The minimum Gasteiger partial charge on any atom is -0.496 e. The molecule has 1 heterocycles. The Bertz CT molecular complexity index is 1020. The molecule has 0 unspecified atom stereocenters. The highest BCUT2D eigenvalue weighted by atomic mass is 32.2. The lowest BCUT2D eigenvalue weighted by atomic mass is 10.1. The van der Waals surface area contributed by atoms with E-state index in [9.17, 15) is 13.2 Å². The molecule has 1 aliphatic rings. The molecule has 0 bridgehead atoms. The Hall–Kier alpha value is -2.62. The summed E-state index contributed by atoms with van der Waals surface area (Å²) in [6.45, 7) is 2.06. The Morgan fingerprint density at radius 1 is 1.06 bits per heavy atom. The Kier molecular flexibility index (Phi) is 7.19. The van der Waals surface area contributed by atoms with Gasteiger partial charge in [-0.25, -0.2) is 8.42 Å². The summed E-state index contributed by atoms with van der Waals surface area (Å²) in [5.74, 6) is 0.0801. The maximum atomic E-state index is 13.2. The van der Waals surface area contributed by atoms with Gasteiger partial charge in [0, 0.05) is 46.5 Å². The zero-order chi connectivity index (χ0) is 22.6. The van der Waals surface area contributed by atoms with Gasteiger partial charge in [0.25, 0.3) is 5.91 Å². The zero-order valence-electron chi connectivity index (χ0n) is 18.4. The average Bonchev–Trinajstić information content (AvgIpc) is 2.79. The molecule has 168 valence electrons. The van der Waals surface area contributed by atoms with E-state index in [1.807, 2.05) is 43.3 Å². The van der Waals surface area contributed by atoms with E-state index in [-0.39, 0.29) is 22.9 Å². The zero-order valence-corrected chi connectivity index (χ0v) is 19.2. The van der Waals surface area contributed by atoms with E-state index in [0.717, 1.165) is 11.3 Å². The number of methoxy groups -OCH3 is 1. The van der Waals surface area contributed by atoms with Gasteiger partial charge >= 0.3 is 0 Å². The Morgan fingerprint density at radius 2 is 1.71 bits per heavy atom. The summed E-state index contributed by atoms with van der Waals surface area (Å²) < 4.78 is 38.3. The molecule has 0 aliphatic carbocycles. The van der Waals surface area contributed by atoms with Crippen LogP contribution in [0, 0.1) is 0 Å². The van der Waals surface area contributed by atoms with Gasteiger partial charge in [-0.05, 0) is 35.9 Å². The first-order valence-corrected chi connectivity index (χ1v) is 11.5. The third-order valence-corrected chi connectivity index (χ3v) is 7.07. The average molecular weight is 448 g/mol. The van der Waals surface area contributed by atoms with Crippen LogP contribution in [0.4, 0.5) is 5.69 Å². The largest absolute Gasteiger partial charge is 0.496 e. The summed E-state index contributed by atoms with van der Waals surface area (Å²) in [6, 6.07) is 12.1. The fourth-order valence-corrected chi connectivity index (χ4v) is 4.56. The van der Waals surface area contributed by atoms with Gasteiger partial charge < -0.3 is 19.3 Å². The highest BCUT2D eigenvalue weighted by Gasteiger charge is 2.27. The van der Waals surface area contributed by atoms with Crippen LogP contribution in [-0.2, 0) is 21.3 Å². The van der Waals surface area contributed by atoms with E-state index >= 15 is 0 Å². The molecule has 3 rings (SSSR count). The van der Waals surface area contributed by atoms with Crippen LogP contribution < -0.4 is 9.64 Å². The van der Waals surface area contributed by atoms with Crippen LogP contribution in [0.15, 0.2) is 47.4 Å². The fraction of sp³-hybridized carbons (Fsp3) is 0.409. The van der Waals surface area contributed by atoms with E-state index < -0.39 is 10.0 Å². The summed E-state index contributed by atoms with van der Waals surface area (Å²) in [5.41, 5.74) is 2.14. The molecule has 1 fully saturated rings. The van der Waals surface area contributed by atoms with Gasteiger partial charge in [-0.3, -0.25) is 4.79 Å². The Morgan fingerprint density at radius 3 is 2.29 bits per heavy atom. The first-order chi connectivity index (χ1) is 14.7. The van der Waals surface area contributed by atoms with E-state index in [4.69, 9.17) is 9.47 Å². The second kappa shape index (κ2) is 9.67. The van der Waals surface area contributed by atoms with Crippen molar-refractivity contribution in [2.24, 2.45) is 0 Å². The van der Waals surface area contributed by atoms with Crippen molar-refractivity contribution >= 4 is 21.6 Å². The molecule has 0 aromatic heterocycles. The number of carbonyl (C=O) groups is 1. The molecule has 0 atom stereocenters. The van der Waals surface area contributed by atoms with Crippen LogP contribution in [0.2, 0.25) is 0 Å². The molecule has 0 spiro atoms. The van der Waals surface area contributed by atoms with Gasteiger partial charge in [-0.1, -0.05) is 12.1 Å². The normalized spacial score (nSPS) is 14.5. The number of sulfonamides is 1. The monoisotopic (exact) mass is 447 g/mol. The van der Waals surface area contributed by atoms with Crippen molar-refractivity contribution in [1.82, 2.24) is 9.21 Å². The van der Waals surface area contributed by atoms with Crippen molar-refractivity contribution in [3.63, 3.8) is 0 Å². The molecule has 1 saturated heterocycles. The Balaban J connectivity index is 1.85. The number of anilines is 1. The summed E-state index contributed by atoms with van der Waals surface area (Å²) in [4.78, 5) is 16.7. The van der Waals surface area contributed by atoms with Crippen LogP contribution >= 0.6 is 0 Å². The van der Waals surface area contributed by atoms with Crippen molar-refractivity contribution in [2.45, 2.75) is 11.4 Å². The van der Waals surface area contributed by atoms with Crippen molar-refractivity contribution in [1.29, 1.82) is 0 Å². The standard InChI is InChI=1S/C22H29N3O5S/c1-23(2)18-7-5-17(6-8-18)16-24(3)31(27,28)19-9-10-21(29-4)20(15-19)22(26)25-11-13-30-14-12-25/h5-10,15H,11-14,16H2,1-4H3. The second-order valence-electron chi connectivity index (χ2n) is 7.59. The van der Waals surface area contributed by atoms with Crippen molar-refractivity contribution in [2.75, 3.05) is 59.5 Å². The number of ether oxygens (including phenoxy) is 2.